The van der Waals surface area contributed by atoms with Gasteiger partial charge in [0.1, 0.15) is 11.7 Å². The Bertz CT molecular complexity index is 528. The number of benzene rings is 1. The summed E-state index contributed by atoms with van der Waals surface area (Å²) in [7, 11) is -3.42. The summed E-state index contributed by atoms with van der Waals surface area (Å²) in [6, 6.07) is 3.56. The number of anilines is 1. The highest BCUT2D eigenvalue weighted by Gasteiger charge is 2.11. The highest BCUT2D eigenvalue weighted by atomic mass is 32.2. The second-order valence-corrected chi connectivity index (χ2v) is 5.37. The van der Waals surface area contributed by atoms with Gasteiger partial charge in [-0.15, -0.1) is 0 Å². The summed E-state index contributed by atoms with van der Waals surface area (Å²) >= 11 is 0. The second-order valence-electron chi connectivity index (χ2n) is 3.53. The summed E-state index contributed by atoms with van der Waals surface area (Å²) in [4.78, 5) is 0. The molecule has 4 N–H and O–H groups in total. The zero-order chi connectivity index (χ0) is 13.1. The number of sulfonamides is 1. The summed E-state index contributed by atoms with van der Waals surface area (Å²) in [6.45, 7) is 1.74. The minimum absolute atomic E-state index is 0.0141. The molecule has 0 saturated heterocycles. The first-order valence-corrected chi connectivity index (χ1v) is 6.65. The molecule has 0 aliphatic heterocycles. The van der Waals surface area contributed by atoms with Gasteiger partial charge in [0.25, 0.3) is 0 Å². The third-order valence-corrected chi connectivity index (χ3v) is 3.50. The number of nitrogen functional groups attached to an aromatic ring is 1. The molecule has 0 spiro atoms. The van der Waals surface area contributed by atoms with E-state index in [1.807, 2.05) is 0 Å². The van der Waals surface area contributed by atoms with Crippen LogP contribution in [-0.2, 0) is 10.0 Å². The minimum atomic E-state index is -3.42. The maximum absolute atomic E-state index is 13.2. The summed E-state index contributed by atoms with van der Waals surface area (Å²) in [6.07, 6.45) is 0.482. The van der Waals surface area contributed by atoms with Crippen LogP contribution < -0.4 is 10.5 Å². The van der Waals surface area contributed by atoms with Crippen LogP contribution >= 0.6 is 0 Å². The molecule has 0 aliphatic carbocycles. The van der Waals surface area contributed by atoms with Crippen molar-refractivity contribution in [2.45, 2.75) is 13.3 Å². The Labute approximate surface area is 99.4 Å². The van der Waals surface area contributed by atoms with Crippen molar-refractivity contribution in [2.75, 3.05) is 10.5 Å². The van der Waals surface area contributed by atoms with E-state index in [0.717, 1.165) is 6.07 Å². The van der Waals surface area contributed by atoms with Gasteiger partial charge in [-0.1, -0.05) is 6.92 Å². The molecule has 0 aromatic heterocycles. The molecule has 0 amide bonds. The van der Waals surface area contributed by atoms with Crippen molar-refractivity contribution in [3.8, 4) is 0 Å². The molecule has 0 aliphatic rings. The van der Waals surface area contributed by atoms with Gasteiger partial charge in [0, 0.05) is 5.69 Å². The summed E-state index contributed by atoms with van der Waals surface area (Å²) in [5.74, 6) is -1.12. The smallest absolute Gasteiger partial charge is 0.232 e. The topological polar surface area (TPSA) is 96.0 Å². The Morgan fingerprint density at radius 3 is 2.71 bits per heavy atom. The molecular weight excluding hydrogens is 245 g/mol. The van der Waals surface area contributed by atoms with E-state index >= 15 is 0 Å². The highest BCUT2D eigenvalue weighted by Crippen LogP contribution is 2.15. The van der Waals surface area contributed by atoms with Crippen molar-refractivity contribution < 1.29 is 12.8 Å². The van der Waals surface area contributed by atoms with Gasteiger partial charge in [-0.25, -0.2) is 12.8 Å². The van der Waals surface area contributed by atoms with Gasteiger partial charge in [-0.2, -0.15) is 0 Å². The van der Waals surface area contributed by atoms with E-state index in [-0.39, 0.29) is 17.0 Å². The molecule has 0 saturated carbocycles. The van der Waals surface area contributed by atoms with E-state index in [1.165, 1.54) is 12.1 Å². The Morgan fingerprint density at radius 2 is 2.18 bits per heavy atom. The number of rotatable bonds is 5. The van der Waals surface area contributed by atoms with Gasteiger partial charge in [0.2, 0.25) is 10.0 Å². The lowest BCUT2D eigenvalue weighted by molar-refractivity contribution is 0.599. The van der Waals surface area contributed by atoms with Crippen molar-refractivity contribution in [1.29, 1.82) is 5.41 Å². The maximum atomic E-state index is 13.2. The average Bonchev–Trinajstić information content (AvgIpc) is 2.20. The molecule has 5 nitrogen and oxygen atoms in total. The van der Waals surface area contributed by atoms with Crippen molar-refractivity contribution in [2.24, 2.45) is 5.73 Å². The monoisotopic (exact) mass is 259 g/mol. The fourth-order valence-corrected chi connectivity index (χ4v) is 2.42. The molecule has 0 atom stereocenters. The number of nitrogens with one attached hydrogen (secondary N) is 2. The van der Waals surface area contributed by atoms with Gasteiger partial charge in [0.05, 0.1) is 11.3 Å². The molecule has 17 heavy (non-hydrogen) atoms. The zero-order valence-corrected chi connectivity index (χ0v) is 10.1. The molecule has 94 valence electrons. The third kappa shape index (κ3) is 3.70. The van der Waals surface area contributed by atoms with Crippen LogP contribution in [0.2, 0.25) is 0 Å². The molecule has 0 bridgehead atoms. The quantitative estimate of drug-likeness (QED) is 0.548. The van der Waals surface area contributed by atoms with Crippen LogP contribution in [0.5, 0.6) is 0 Å². The molecular formula is C10H14FN3O2S. The lowest BCUT2D eigenvalue weighted by Crippen LogP contribution is -2.18. The molecule has 0 heterocycles. The standard InChI is InChI=1S/C10H14FN3O2S/c1-2-5-17(15,16)14-7-3-4-9(11)8(6-7)10(12)13/h3-4,6,14H,2,5H2,1H3,(H3,12,13). The first-order valence-electron chi connectivity index (χ1n) is 5.00. The van der Waals surface area contributed by atoms with Crippen LogP contribution in [0.4, 0.5) is 10.1 Å². The van der Waals surface area contributed by atoms with Gasteiger partial charge >= 0.3 is 0 Å². The molecule has 1 rings (SSSR count). The number of nitrogens with two attached hydrogens (primary N) is 1. The predicted molar refractivity (Wildman–Crippen MR) is 65.1 cm³/mol. The molecule has 0 unspecified atom stereocenters. The largest absolute Gasteiger partial charge is 0.384 e. The average molecular weight is 259 g/mol. The third-order valence-electron chi connectivity index (χ3n) is 2.00. The normalized spacial score (nSPS) is 11.2. The fraction of sp³-hybridized carbons (Fsp3) is 0.300. The van der Waals surface area contributed by atoms with Crippen LogP contribution in [0.1, 0.15) is 18.9 Å². The molecule has 1 aromatic carbocycles. The minimum Gasteiger partial charge on any atom is -0.384 e. The molecule has 1 aromatic rings. The fourth-order valence-electron chi connectivity index (χ4n) is 1.29. The Kier molecular flexibility index (Phi) is 4.06. The van der Waals surface area contributed by atoms with E-state index in [0.29, 0.717) is 6.42 Å². The number of hydrogen-bond acceptors (Lipinski definition) is 3. The van der Waals surface area contributed by atoms with Crippen LogP contribution in [-0.4, -0.2) is 20.0 Å². The van der Waals surface area contributed by atoms with E-state index < -0.39 is 21.7 Å². The van der Waals surface area contributed by atoms with Gasteiger partial charge in [-0.05, 0) is 24.6 Å². The Balaban J connectivity index is 3.02. The van der Waals surface area contributed by atoms with Crippen LogP contribution in [0.15, 0.2) is 18.2 Å². The lowest BCUT2D eigenvalue weighted by atomic mass is 10.2. The maximum Gasteiger partial charge on any atom is 0.232 e. The van der Waals surface area contributed by atoms with Crippen molar-refractivity contribution in [3.63, 3.8) is 0 Å². The Hall–Kier alpha value is -1.63. The second kappa shape index (κ2) is 5.13. The summed E-state index contributed by atoms with van der Waals surface area (Å²) < 4.78 is 38.5. The van der Waals surface area contributed by atoms with E-state index in [2.05, 4.69) is 4.72 Å². The van der Waals surface area contributed by atoms with E-state index in [1.54, 1.807) is 6.92 Å². The first-order chi connectivity index (χ1) is 7.85. The first kappa shape index (κ1) is 13.4. The van der Waals surface area contributed by atoms with Crippen molar-refractivity contribution in [3.05, 3.63) is 29.6 Å². The summed E-state index contributed by atoms with van der Waals surface area (Å²) in [5.41, 5.74) is 5.25. The highest BCUT2D eigenvalue weighted by molar-refractivity contribution is 7.92. The van der Waals surface area contributed by atoms with Gasteiger partial charge in [0.15, 0.2) is 0 Å². The number of amidine groups is 1. The molecule has 0 fully saturated rings. The lowest BCUT2D eigenvalue weighted by Gasteiger charge is -2.08. The van der Waals surface area contributed by atoms with E-state index in [9.17, 15) is 12.8 Å². The van der Waals surface area contributed by atoms with Crippen LogP contribution in [0.3, 0.4) is 0 Å². The van der Waals surface area contributed by atoms with E-state index in [4.69, 9.17) is 11.1 Å². The Morgan fingerprint density at radius 1 is 1.53 bits per heavy atom. The van der Waals surface area contributed by atoms with Gasteiger partial charge in [-0.3, -0.25) is 10.1 Å². The number of halogens is 1. The molecule has 7 heteroatoms. The van der Waals surface area contributed by atoms with Crippen LogP contribution in [0, 0.1) is 11.2 Å². The summed E-state index contributed by atoms with van der Waals surface area (Å²) in [5, 5.41) is 7.15. The van der Waals surface area contributed by atoms with Crippen molar-refractivity contribution in [1.82, 2.24) is 0 Å². The SMILES string of the molecule is CCCS(=O)(=O)Nc1ccc(F)c(C(=N)N)c1. The zero-order valence-electron chi connectivity index (χ0n) is 9.33. The predicted octanol–water partition coefficient (Wildman–Crippen LogP) is 1.26. The number of hydrogen-bond donors (Lipinski definition) is 3. The molecule has 0 radical (unpaired) electrons. The van der Waals surface area contributed by atoms with Crippen LogP contribution in [0.25, 0.3) is 0 Å². The van der Waals surface area contributed by atoms with Crippen molar-refractivity contribution >= 4 is 21.5 Å². The van der Waals surface area contributed by atoms with Gasteiger partial charge < -0.3 is 5.73 Å².